The van der Waals surface area contributed by atoms with E-state index in [-0.39, 0.29) is 23.3 Å². The molecule has 7 heteroatoms. The molecule has 0 aromatic heterocycles. The first-order chi connectivity index (χ1) is 13.3. The molecule has 1 atom stereocenters. The van der Waals surface area contributed by atoms with Gasteiger partial charge in [0.05, 0.1) is 17.9 Å². The third-order valence-electron chi connectivity index (χ3n) is 5.16. The van der Waals surface area contributed by atoms with Crippen LogP contribution in [0.4, 0.5) is 5.69 Å². The zero-order valence-electron chi connectivity index (χ0n) is 16.5. The second-order valence-corrected chi connectivity index (χ2v) is 9.05. The number of amides is 1. The standard InChI is InChI=1S/C21H26N2O4S/c1-16-9-11-20(12-10-16)28(25,26)23-13-5-6-17(15-23)21(24)22(2)18-7-4-8-19(14-18)27-3/h4,7-12,14,17H,5-6,13,15H2,1-3H3. The van der Waals surface area contributed by atoms with E-state index in [0.29, 0.717) is 25.1 Å². The summed E-state index contributed by atoms with van der Waals surface area (Å²) in [4.78, 5) is 14.9. The van der Waals surface area contributed by atoms with Crippen LogP contribution in [0.3, 0.4) is 0 Å². The highest BCUT2D eigenvalue weighted by Gasteiger charge is 2.34. The number of nitrogens with zero attached hydrogens (tertiary/aromatic N) is 2. The number of benzene rings is 2. The van der Waals surface area contributed by atoms with Gasteiger partial charge < -0.3 is 9.64 Å². The van der Waals surface area contributed by atoms with Crippen LogP contribution in [0.25, 0.3) is 0 Å². The zero-order chi connectivity index (χ0) is 20.3. The van der Waals surface area contributed by atoms with Crippen molar-refractivity contribution < 1.29 is 17.9 Å². The molecule has 1 fully saturated rings. The fraction of sp³-hybridized carbons (Fsp3) is 0.381. The highest BCUT2D eigenvalue weighted by molar-refractivity contribution is 7.89. The van der Waals surface area contributed by atoms with Crippen LogP contribution >= 0.6 is 0 Å². The van der Waals surface area contributed by atoms with Gasteiger partial charge in [0.1, 0.15) is 5.75 Å². The minimum atomic E-state index is -3.60. The molecule has 0 bridgehead atoms. The molecule has 6 nitrogen and oxygen atoms in total. The molecule has 1 saturated heterocycles. The molecular formula is C21H26N2O4S. The fourth-order valence-corrected chi connectivity index (χ4v) is 4.97. The van der Waals surface area contributed by atoms with Gasteiger partial charge in [-0.05, 0) is 44.0 Å². The van der Waals surface area contributed by atoms with Crippen molar-refractivity contribution in [3.63, 3.8) is 0 Å². The maximum absolute atomic E-state index is 13.0. The van der Waals surface area contributed by atoms with E-state index in [2.05, 4.69) is 0 Å². The molecule has 28 heavy (non-hydrogen) atoms. The van der Waals surface area contributed by atoms with Crippen LogP contribution < -0.4 is 9.64 Å². The molecule has 1 unspecified atom stereocenters. The van der Waals surface area contributed by atoms with E-state index in [9.17, 15) is 13.2 Å². The van der Waals surface area contributed by atoms with Crippen LogP contribution in [-0.2, 0) is 14.8 Å². The number of aryl methyl sites for hydroxylation is 1. The van der Waals surface area contributed by atoms with Gasteiger partial charge >= 0.3 is 0 Å². The van der Waals surface area contributed by atoms with Crippen LogP contribution in [0.1, 0.15) is 18.4 Å². The molecule has 0 saturated carbocycles. The second kappa shape index (κ2) is 8.32. The predicted molar refractivity (Wildman–Crippen MR) is 109 cm³/mol. The van der Waals surface area contributed by atoms with Gasteiger partial charge in [-0.25, -0.2) is 8.42 Å². The van der Waals surface area contributed by atoms with Gasteiger partial charge in [-0.1, -0.05) is 23.8 Å². The molecule has 1 aliphatic heterocycles. The maximum atomic E-state index is 13.0. The first-order valence-electron chi connectivity index (χ1n) is 9.31. The highest BCUT2D eigenvalue weighted by atomic mass is 32.2. The average Bonchev–Trinajstić information content (AvgIpc) is 2.73. The van der Waals surface area contributed by atoms with Crippen molar-refractivity contribution in [3.8, 4) is 5.75 Å². The monoisotopic (exact) mass is 402 g/mol. The van der Waals surface area contributed by atoms with Gasteiger partial charge in [-0.15, -0.1) is 0 Å². The number of rotatable bonds is 5. The Balaban J connectivity index is 1.76. The summed E-state index contributed by atoms with van der Waals surface area (Å²) in [6.45, 7) is 2.55. The Morgan fingerprint density at radius 2 is 1.89 bits per heavy atom. The quantitative estimate of drug-likeness (QED) is 0.771. The molecule has 1 heterocycles. The summed E-state index contributed by atoms with van der Waals surface area (Å²) in [6.07, 6.45) is 1.33. The van der Waals surface area contributed by atoms with Crippen LogP contribution in [-0.4, -0.2) is 45.9 Å². The lowest BCUT2D eigenvalue weighted by Crippen LogP contribution is -2.45. The number of hydrogen-bond acceptors (Lipinski definition) is 4. The van der Waals surface area contributed by atoms with Crippen LogP contribution in [0.15, 0.2) is 53.4 Å². The summed E-state index contributed by atoms with van der Waals surface area (Å²) < 4.78 is 32.6. The second-order valence-electron chi connectivity index (χ2n) is 7.11. The first kappa shape index (κ1) is 20.4. The largest absolute Gasteiger partial charge is 0.497 e. The van der Waals surface area contributed by atoms with E-state index in [4.69, 9.17) is 4.74 Å². The van der Waals surface area contributed by atoms with E-state index >= 15 is 0 Å². The molecule has 2 aromatic carbocycles. The number of hydrogen-bond donors (Lipinski definition) is 0. The number of carbonyl (C=O) groups excluding carboxylic acids is 1. The molecule has 0 aliphatic carbocycles. The molecule has 1 aliphatic rings. The number of ether oxygens (including phenoxy) is 1. The Hall–Kier alpha value is -2.38. The highest BCUT2D eigenvalue weighted by Crippen LogP contribution is 2.27. The summed E-state index contributed by atoms with van der Waals surface area (Å²) in [7, 11) is -0.312. The molecule has 0 spiro atoms. The Bertz CT molecular complexity index is 941. The molecule has 3 rings (SSSR count). The summed E-state index contributed by atoms with van der Waals surface area (Å²) in [6, 6.07) is 14.1. The smallest absolute Gasteiger partial charge is 0.243 e. The van der Waals surface area contributed by atoms with Gasteiger partial charge in [-0.2, -0.15) is 4.31 Å². The van der Waals surface area contributed by atoms with E-state index in [1.54, 1.807) is 49.4 Å². The lowest BCUT2D eigenvalue weighted by atomic mass is 9.98. The molecule has 0 radical (unpaired) electrons. The van der Waals surface area contributed by atoms with Crippen molar-refractivity contribution in [2.45, 2.75) is 24.7 Å². The molecule has 1 amide bonds. The van der Waals surface area contributed by atoms with Crippen LogP contribution in [0, 0.1) is 12.8 Å². The minimum absolute atomic E-state index is 0.0861. The van der Waals surface area contributed by atoms with Crippen molar-refractivity contribution in [2.75, 3.05) is 32.1 Å². The summed E-state index contributed by atoms with van der Waals surface area (Å²) in [5.41, 5.74) is 1.73. The normalized spacial score (nSPS) is 17.9. The van der Waals surface area contributed by atoms with Gasteiger partial charge in [0.25, 0.3) is 0 Å². The number of anilines is 1. The van der Waals surface area contributed by atoms with E-state index < -0.39 is 10.0 Å². The van der Waals surface area contributed by atoms with E-state index in [1.165, 1.54) is 4.31 Å². The lowest BCUT2D eigenvalue weighted by Gasteiger charge is -2.33. The van der Waals surface area contributed by atoms with Gasteiger partial charge in [-0.3, -0.25) is 4.79 Å². The molecular weight excluding hydrogens is 376 g/mol. The molecule has 2 aromatic rings. The van der Waals surface area contributed by atoms with Crippen molar-refractivity contribution in [2.24, 2.45) is 5.92 Å². The Morgan fingerprint density at radius 1 is 1.18 bits per heavy atom. The van der Waals surface area contributed by atoms with Crippen LogP contribution in [0.5, 0.6) is 5.75 Å². The maximum Gasteiger partial charge on any atom is 0.243 e. The average molecular weight is 403 g/mol. The number of piperidine rings is 1. The first-order valence-corrected chi connectivity index (χ1v) is 10.8. The number of sulfonamides is 1. The molecule has 150 valence electrons. The Kier molecular flexibility index (Phi) is 6.05. The topological polar surface area (TPSA) is 66.9 Å². The molecule has 0 N–H and O–H groups in total. The zero-order valence-corrected chi connectivity index (χ0v) is 17.3. The SMILES string of the molecule is COc1cccc(N(C)C(=O)C2CCCN(S(=O)(=O)c3ccc(C)cc3)C2)c1. The summed E-state index contributed by atoms with van der Waals surface area (Å²) in [5, 5.41) is 0. The fourth-order valence-electron chi connectivity index (χ4n) is 3.44. The van der Waals surface area contributed by atoms with Crippen molar-refractivity contribution >= 4 is 21.6 Å². The van der Waals surface area contributed by atoms with Crippen molar-refractivity contribution in [1.82, 2.24) is 4.31 Å². The van der Waals surface area contributed by atoms with Gasteiger partial charge in [0, 0.05) is 31.9 Å². The minimum Gasteiger partial charge on any atom is -0.497 e. The summed E-state index contributed by atoms with van der Waals surface area (Å²) >= 11 is 0. The Morgan fingerprint density at radius 3 is 2.57 bits per heavy atom. The van der Waals surface area contributed by atoms with Crippen molar-refractivity contribution in [1.29, 1.82) is 0 Å². The number of carbonyl (C=O) groups is 1. The third-order valence-corrected chi connectivity index (χ3v) is 7.04. The van der Waals surface area contributed by atoms with Crippen LogP contribution in [0.2, 0.25) is 0 Å². The van der Waals surface area contributed by atoms with Gasteiger partial charge in [0.15, 0.2) is 0 Å². The lowest BCUT2D eigenvalue weighted by molar-refractivity contribution is -0.123. The van der Waals surface area contributed by atoms with E-state index in [1.807, 2.05) is 25.1 Å². The van der Waals surface area contributed by atoms with Gasteiger partial charge in [0.2, 0.25) is 15.9 Å². The predicted octanol–water partition coefficient (Wildman–Crippen LogP) is 3.07. The van der Waals surface area contributed by atoms with Crippen molar-refractivity contribution in [3.05, 3.63) is 54.1 Å². The Labute approximate surface area is 166 Å². The number of methoxy groups -OCH3 is 1. The summed E-state index contributed by atoms with van der Waals surface area (Å²) in [5.74, 6) is 0.214. The third kappa shape index (κ3) is 4.20. The van der Waals surface area contributed by atoms with E-state index in [0.717, 1.165) is 11.3 Å².